The fourth-order valence-corrected chi connectivity index (χ4v) is 2.89. The van der Waals surface area contributed by atoms with Gasteiger partial charge < -0.3 is 0 Å². The summed E-state index contributed by atoms with van der Waals surface area (Å²) in [6.45, 7) is 2.47. The zero-order valence-electron chi connectivity index (χ0n) is 12.7. The van der Waals surface area contributed by atoms with E-state index in [1.54, 1.807) is 6.21 Å². The Hall–Kier alpha value is -2.20. The number of amides is 1. The molecular formula is C18H21N3O. The summed E-state index contributed by atoms with van der Waals surface area (Å²) >= 11 is 0. The van der Waals surface area contributed by atoms with Crippen molar-refractivity contribution in [1.82, 2.24) is 10.3 Å². The van der Waals surface area contributed by atoms with Crippen LogP contribution in [-0.4, -0.2) is 36.7 Å². The molecular weight excluding hydrogens is 274 g/mol. The van der Waals surface area contributed by atoms with Crippen LogP contribution in [0, 0.1) is 0 Å². The van der Waals surface area contributed by atoms with Crippen LogP contribution in [-0.2, 0) is 4.79 Å². The van der Waals surface area contributed by atoms with Gasteiger partial charge >= 0.3 is 0 Å². The Bertz CT molecular complexity index is 670. The number of nitrogens with zero attached hydrogens (tertiary/aromatic N) is 2. The van der Waals surface area contributed by atoms with Gasteiger partial charge in [-0.05, 0) is 36.7 Å². The quantitative estimate of drug-likeness (QED) is 0.696. The SMILES string of the molecule is O=C(CN1CCCCC1)N/N=C/c1cccc2ccccc12. The van der Waals surface area contributed by atoms with E-state index in [1.165, 1.54) is 24.6 Å². The largest absolute Gasteiger partial charge is 0.294 e. The molecule has 1 aliphatic rings. The Kier molecular flexibility index (Phi) is 4.81. The lowest BCUT2D eigenvalue weighted by molar-refractivity contribution is -0.122. The second kappa shape index (κ2) is 7.18. The smallest absolute Gasteiger partial charge is 0.254 e. The summed E-state index contributed by atoms with van der Waals surface area (Å²) in [7, 11) is 0. The van der Waals surface area contributed by atoms with Crippen molar-refractivity contribution in [2.45, 2.75) is 19.3 Å². The first-order valence-electron chi connectivity index (χ1n) is 7.85. The van der Waals surface area contributed by atoms with Crippen LogP contribution < -0.4 is 5.43 Å². The number of carbonyl (C=O) groups is 1. The molecule has 1 fully saturated rings. The number of benzene rings is 2. The van der Waals surface area contributed by atoms with Gasteiger partial charge in [0.05, 0.1) is 12.8 Å². The number of hydrogen-bond donors (Lipinski definition) is 1. The molecule has 0 spiro atoms. The minimum atomic E-state index is -0.0432. The van der Waals surface area contributed by atoms with Crippen LogP contribution in [0.3, 0.4) is 0 Å². The predicted molar refractivity (Wildman–Crippen MR) is 90.0 cm³/mol. The van der Waals surface area contributed by atoms with Gasteiger partial charge in [-0.15, -0.1) is 0 Å². The molecule has 0 unspecified atom stereocenters. The summed E-state index contributed by atoms with van der Waals surface area (Å²) in [5.74, 6) is -0.0432. The fourth-order valence-electron chi connectivity index (χ4n) is 2.89. The lowest BCUT2D eigenvalue weighted by Crippen LogP contribution is -2.38. The van der Waals surface area contributed by atoms with Crippen LogP contribution in [0.15, 0.2) is 47.6 Å². The zero-order valence-corrected chi connectivity index (χ0v) is 12.7. The Morgan fingerprint density at radius 3 is 2.73 bits per heavy atom. The second-order valence-corrected chi connectivity index (χ2v) is 5.70. The molecule has 0 aromatic heterocycles. The highest BCUT2D eigenvalue weighted by molar-refractivity contribution is 5.99. The molecule has 0 saturated carbocycles. The molecule has 0 aliphatic carbocycles. The summed E-state index contributed by atoms with van der Waals surface area (Å²) in [6.07, 6.45) is 5.37. The monoisotopic (exact) mass is 295 g/mol. The van der Waals surface area contributed by atoms with Crippen molar-refractivity contribution in [1.29, 1.82) is 0 Å². The fraction of sp³-hybridized carbons (Fsp3) is 0.333. The third-order valence-corrected chi connectivity index (χ3v) is 4.03. The van der Waals surface area contributed by atoms with Crippen molar-refractivity contribution >= 4 is 22.9 Å². The molecule has 4 heteroatoms. The summed E-state index contributed by atoms with van der Waals surface area (Å²) in [6, 6.07) is 14.2. The Balaban J connectivity index is 1.60. The minimum absolute atomic E-state index is 0.0432. The lowest BCUT2D eigenvalue weighted by Gasteiger charge is -2.25. The predicted octanol–water partition coefficient (Wildman–Crippen LogP) is 2.78. The summed E-state index contributed by atoms with van der Waals surface area (Å²) in [5.41, 5.74) is 3.64. The van der Waals surface area contributed by atoms with Crippen LogP contribution in [0.4, 0.5) is 0 Å². The van der Waals surface area contributed by atoms with Crippen LogP contribution in [0.2, 0.25) is 0 Å². The lowest BCUT2D eigenvalue weighted by atomic mass is 10.1. The van der Waals surface area contributed by atoms with Crippen molar-refractivity contribution in [3.05, 3.63) is 48.0 Å². The van der Waals surface area contributed by atoms with Crippen molar-refractivity contribution in [3.63, 3.8) is 0 Å². The van der Waals surface area contributed by atoms with Crippen LogP contribution in [0.25, 0.3) is 10.8 Å². The van der Waals surface area contributed by atoms with Crippen LogP contribution in [0.5, 0.6) is 0 Å². The van der Waals surface area contributed by atoms with Gasteiger partial charge in [-0.3, -0.25) is 9.69 Å². The first kappa shape index (κ1) is 14.7. The highest BCUT2D eigenvalue weighted by atomic mass is 16.2. The molecule has 1 N–H and O–H groups in total. The van der Waals surface area contributed by atoms with Crippen LogP contribution >= 0.6 is 0 Å². The van der Waals surface area contributed by atoms with Gasteiger partial charge in [-0.2, -0.15) is 5.10 Å². The van der Waals surface area contributed by atoms with Gasteiger partial charge in [0.25, 0.3) is 5.91 Å². The number of rotatable bonds is 4. The average Bonchev–Trinajstić information content (AvgIpc) is 2.56. The average molecular weight is 295 g/mol. The molecule has 114 valence electrons. The maximum absolute atomic E-state index is 11.9. The maximum Gasteiger partial charge on any atom is 0.254 e. The number of carbonyl (C=O) groups excluding carboxylic acids is 1. The second-order valence-electron chi connectivity index (χ2n) is 5.70. The van der Waals surface area contributed by atoms with E-state index >= 15 is 0 Å². The van der Waals surface area contributed by atoms with Gasteiger partial charge in [0, 0.05) is 5.56 Å². The number of likely N-dealkylation sites (tertiary alicyclic amines) is 1. The van der Waals surface area contributed by atoms with Gasteiger partial charge in [-0.1, -0.05) is 48.9 Å². The van der Waals surface area contributed by atoms with Gasteiger partial charge in [0.1, 0.15) is 0 Å². The number of nitrogens with one attached hydrogen (secondary N) is 1. The number of piperidine rings is 1. The molecule has 3 rings (SSSR count). The number of hydrazone groups is 1. The molecule has 1 saturated heterocycles. The first-order valence-corrected chi connectivity index (χ1v) is 7.85. The molecule has 2 aromatic carbocycles. The van der Waals surface area contributed by atoms with Crippen molar-refractivity contribution in [2.24, 2.45) is 5.10 Å². The van der Waals surface area contributed by atoms with Crippen molar-refractivity contribution in [3.8, 4) is 0 Å². The molecule has 1 aliphatic heterocycles. The van der Waals surface area contributed by atoms with Gasteiger partial charge in [-0.25, -0.2) is 5.43 Å². The minimum Gasteiger partial charge on any atom is -0.294 e. The normalized spacial score (nSPS) is 16.2. The van der Waals surface area contributed by atoms with E-state index in [0.717, 1.165) is 24.0 Å². The molecule has 1 heterocycles. The molecule has 1 amide bonds. The highest BCUT2D eigenvalue weighted by Gasteiger charge is 2.13. The van der Waals surface area contributed by atoms with E-state index in [-0.39, 0.29) is 5.91 Å². The van der Waals surface area contributed by atoms with E-state index in [0.29, 0.717) is 6.54 Å². The topological polar surface area (TPSA) is 44.7 Å². The molecule has 2 aromatic rings. The van der Waals surface area contributed by atoms with E-state index in [1.807, 2.05) is 24.3 Å². The van der Waals surface area contributed by atoms with Gasteiger partial charge in [0.15, 0.2) is 0 Å². The number of fused-ring (bicyclic) bond motifs is 1. The molecule has 0 bridgehead atoms. The van der Waals surface area contributed by atoms with Crippen molar-refractivity contribution < 1.29 is 4.79 Å². The first-order chi connectivity index (χ1) is 10.8. The number of hydrogen-bond acceptors (Lipinski definition) is 3. The summed E-state index contributed by atoms with van der Waals surface area (Å²) in [4.78, 5) is 14.1. The molecule has 4 nitrogen and oxygen atoms in total. The third-order valence-electron chi connectivity index (χ3n) is 4.03. The maximum atomic E-state index is 11.9. The summed E-state index contributed by atoms with van der Waals surface area (Å²) in [5, 5.41) is 6.42. The Morgan fingerprint density at radius 2 is 1.86 bits per heavy atom. The van der Waals surface area contributed by atoms with E-state index in [2.05, 4.69) is 33.6 Å². The molecule has 0 radical (unpaired) electrons. The standard InChI is InChI=1S/C18H21N3O/c22-18(14-21-11-4-1-5-12-21)20-19-13-16-9-6-8-15-7-2-3-10-17(15)16/h2-3,6-10,13H,1,4-5,11-12,14H2,(H,20,22)/b19-13+. The summed E-state index contributed by atoms with van der Waals surface area (Å²) < 4.78 is 0. The molecule has 22 heavy (non-hydrogen) atoms. The van der Waals surface area contributed by atoms with Crippen LogP contribution in [0.1, 0.15) is 24.8 Å². The van der Waals surface area contributed by atoms with Gasteiger partial charge in [0.2, 0.25) is 0 Å². The Morgan fingerprint density at radius 1 is 1.09 bits per heavy atom. The van der Waals surface area contributed by atoms with E-state index in [4.69, 9.17) is 0 Å². The zero-order chi connectivity index (χ0) is 15.2. The third kappa shape index (κ3) is 3.71. The van der Waals surface area contributed by atoms with E-state index < -0.39 is 0 Å². The van der Waals surface area contributed by atoms with E-state index in [9.17, 15) is 4.79 Å². The Labute approximate surface area is 130 Å². The molecule has 0 atom stereocenters. The highest BCUT2D eigenvalue weighted by Crippen LogP contribution is 2.16. The van der Waals surface area contributed by atoms with Crippen molar-refractivity contribution in [2.75, 3.05) is 19.6 Å².